The largest absolute Gasteiger partial charge is 0.390 e. The number of nitrogens with zero attached hydrogens (tertiary/aromatic N) is 3. The van der Waals surface area contributed by atoms with Crippen molar-refractivity contribution in [3.63, 3.8) is 0 Å². The number of benzene rings is 1. The molecule has 2 heterocycles. The predicted octanol–water partition coefficient (Wildman–Crippen LogP) is 2.03. The first kappa shape index (κ1) is 18.0. The standard InChI is InChI=1S/C19H19F2N3O3/c1-9-11-4-5-24(19(11)23-8-22-9)15-7-12(17(26)18(15)27)16(25)10-2-3-13(20)14(21)6-10/h2-6,8,12,15-18,25-27H,7H2,1H3/t12?,15?,16?,17-,18+/m1/s1. The molecule has 0 amide bonds. The first-order valence-corrected chi connectivity index (χ1v) is 8.65. The third-order valence-electron chi connectivity index (χ3n) is 5.45. The Bertz CT molecular complexity index is 993. The zero-order valence-electron chi connectivity index (χ0n) is 14.5. The smallest absolute Gasteiger partial charge is 0.159 e. The number of halogens is 2. The summed E-state index contributed by atoms with van der Waals surface area (Å²) in [5, 5.41) is 32.5. The van der Waals surface area contributed by atoms with Crippen LogP contribution in [0, 0.1) is 24.5 Å². The monoisotopic (exact) mass is 375 g/mol. The van der Waals surface area contributed by atoms with E-state index in [4.69, 9.17) is 0 Å². The van der Waals surface area contributed by atoms with Gasteiger partial charge in [-0.05, 0) is 37.1 Å². The molecule has 0 aliphatic heterocycles. The molecule has 1 aromatic carbocycles. The van der Waals surface area contributed by atoms with Crippen LogP contribution in [-0.4, -0.2) is 42.1 Å². The average molecular weight is 375 g/mol. The Labute approximate surface area is 153 Å². The molecular formula is C19H19F2N3O3. The van der Waals surface area contributed by atoms with Crippen LogP contribution >= 0.6 is 0 Å². The highest BCUT2D eigenvalue weighted by atomic mass is 19.2. The number of aryl methyl sites for hydroxylation is 1. The van der Waals surface area contributed by atoms with Crippen LogP contribution in [-0.2, 0) is 0 Å². The van der Waals surface area contributed by atoms with Gasteiger partial charge in [0.15, 0.2) is 11.6 Å². The minimum atomic E-state index is -1.24. The van der Waals surface area contributed by atoms with E-state index in [1.54, 1.807) is 10.8 Å². The van der Waals surface area contributed by atoms with Gasteiger partial charge in [0.1, 0.15) is 18.1 Å². The van der Waals surface area contributed by atoms with Crippen molar-refractivity contribution in [3.05, 3.63) is 59.7 Å². The summed E-state index contributed by atoms with van der Waals surface area (Å²) in [5.74, 6) is -2.82. The minimum Gasteiger partial charge on any atom is -0.390 e. The Morgan fingerprint density at radius 2 is 1.89 bits per heavy atom. The lowest BCUT2D eigenvalue weighted by atomic mass is 9.92. The van der Waals surface area contributed by atoms with Crippen LogP contribution in [0.15, 0.2) is 36.8 Å². The van der Waals surface area contributed by atoms with Gasteiger partial charge in [0.05, 0.1) is 23.9 Å². The number of aromatic nitrogens is 3. The molecule has 4 rings (SSSR count). The summed E-state index contributed by atoms with van der Waals surface area (Å²) >= 11 is 0. The van der Waals surface area contributed by atoms with Crippen molar-refractivity contribution in [2.24, 2.45) is 5.92 Å². The van der Waals surface area contributed by atoms with Gasteiger partial charge in [0.2, 0.25) is 0 Å². The van der Waals surface area contributed by atoms with Gasteiger partial charge in [-0.3, -0.25) is 0 Å². The van der Waals surface area contributed by atoms with Crippen molar-refractivity contribution < 1.29 is 24.1 Å². The molecule has 1 saturated carbocycles. The number of hydrogen-bond acceptors (Lipinski definition) is 5. The summed E-state index contributed by atoms with van der Waals surface area (Å²) in [7, 11) is 0. The van der Waals surface area contributed by atoms with Crippen LogP contribution in [0.3, 0.4) is 0 Å². The Morgan fingerprint density at radius 1 is 1.11 bits per heavy atom. The van der Waals surface area contributed by atoms with E-state index in [9.17, 15) is 24.1 Å². The molecule has 0 spiro atoms. The van der Waals surface area contributed by atoms with Crippen molar-refractivity contribution in [2.45, 2.75) is 37.7 Å². The van der Waals surface area contributed by atoms with Gasteiger partial charge in [-0.1, -0.05) is 6.07 Å². The fourth-order valence-corrected chi connectivity index (χ4v) is 3.94. The van der Waals surface area contributed by atoms with E-state index >= 15 is 0 Å². The first-order chi connectivity index (χ1) is 12.9. The third-order valence-corrected chi connectivity index (χ3v) is 5.45. The number of aliphatic hydroxyl groups excluding tert-OH is 3. The number of rotatable bonds is 3. The Kier molecular flexibility index (Phi) is 4.41. The molecule has 0 radical (unpaired) electrons. The lowest BCUT2D eigenvalue weighted by Crippen LogP contribution is -2.31. The summed E-state index contributed by atoms with van der Waals surface area (Å²) in [4.78, 5) is 8.40. The molecule has 1 fully saturated rings. The van der Waals surface area contributed by atoms with Gasteiger partial charge >= 0.3 is 0 Å². The summed E-state index contributed by atoms with van der Waals surface area (Å²) in [6.45, 7) is 1.85. The molecule has 1 aliphatic rings. The number of hydrogen-bond donors (Lipinski definition) is 3. The molecule has 1 aliphatic carbocycles. The highest BCUT2D eigenvalue weighted by Gasteiger charge is 2.46. The van der Waals surface area contributed by atoms with E-state index in [1.807, 2.05) is 13.0 Å². The summed E-state index contributed by atoms with van der Waals surface area (Å²) in [5.41, 5.74) is 1.58. The van der Waals surface area contributed by atoms with Gasteiger partial charge in [0, 0.05) is 17.5 Å². The van der Waals surface area contributed by atoms with Crippen molar-refractivity contribution in [1.29, 1.82) is 0 Å². The highest BCUT2D eigenvalue weighted by Crippen LogP contribution is 2.43. The Balaban J connectivity index is 1.66. The molecule has 0 saturated heterocycles. The van der Waals surface area contributed by atoms with Crippen LogP contribution in [0.1, 0.15) is 29.8 Å². The Hall–Kier alpha value is -2.42. The summed E-state index contributed by atoms with van der Waals surface area (Å²) < 4.78 is 28.4. The van der Waals surface area contributed by atoms with Gasteiger partial charge in [-0.15, -0.1) is 0 Å². The lowest BCUT2D eigenvalue weighted by molar-refractivity contribution is -0.0265. The topological polar surface area (TPSA) is 91.4 Å². The molecule has 5 atom stereocenters. The van der Waals surface area contributed by atoms with E-state index in [-0.39, 0.29) is 12.0 Å². The first-order valence-electron chi connectivity index (χ1n) is 8.65. The fraction of sp³-hybridized carbons (Fsp3) is 0.368. The molecule has 27 heavy (non-hydrogen) atoms. The van der Waals surface area contributed by atoms with Gasteiger partial charge < -0.3 is 19.9 Å². The summed E-state index contributed by atoms with van der Waals surface area (Å²) in [6.07, 6.45) is -0.166. The van der Waals surface area contributed by atoms with Crippen LogP contribution < -0.4 is 0 Å². The van der Waals surface area contributed by atoms with E-state index < -0.39 is 41.9 Å². The SMILES string of the molecule is Cc1ncnc2c1ccn2C1CC(C(O)c2ccc(F)c(F)c2)[C@@H](O)[C@H]1O. The Morgan fingerprint density at radius 3 is 2.63 bits per heavy atom. The van der Waals surface area contributed by atoms with Crippen LogP contribution in [0.4, 0.5) is 8.78 Å². The van der Waals surface area contributed by atoms with Crippen molar-refractivity contribution in [2.75, 3.05) is 0 Å². The van der Waals surface area contributed by atoms with Crippen LogP contribution in [0.2, 0.25) is 0 Å². The zero-order chi connectivity index (χ0) is 19.3. The second kappa shape index (κ2) is 6.63. The molecule has 8 heteroatoms. The third kappa shape index (κ3) is 2.90. The van der Waals surface area contributed by atoms with Gasteiger partial charge in [0.25, 0.3) is 0 Å². The van der Waals surface area contributed by atoms with Crippen LogP contribution in [0.25, 0.3) is 11.0 Å². The lowest BCUT2D eigenvalue weighted by Gasteiger charge is -2.22. The fourth-order valence-electron chi connectivity index (χ4n) is 3.94. The molecule has 142 valence electrons. The number of aliphatic hydroxyl groups is 3. The van der Waals surface area contributed by atoms with Gasteiger partial charge in [-0.2, -0.15) is 0 Å². The number of fused-ring (bicyclic) bond motifs is 1. The van der Waals surface area contributed by atoms with Crippen molar-refractivity contribution in [1.82, 2.24) is 14.5 Å². The second-order valence-electron chi connectivity index (χ2n) is 6.99. The molecule has 2 aromatic heterocycles. The highest BCUT2D eigenvalue weighted by molar-refractivity contribution is 5.78. The van der Waals surface area contributed by atoms with E-state index in [0.29, 0.717) is 5.65 Å². The van der Waals surface area contributed by atoms with E-state index in [2.05, 4.69) is 9.97 Å². The molecule has 3 N–H and O–H groups in total. The van der Waals surface area contributed by atoms with Gasteiger partial charge in [-0.25, -0.2) is 18.7 Å². The van der Waals surface area contributed by atoms with E-state index in [0.717, 1.165) is 23.2 Å². The maximum absolute atomic E-state index is 13.5. The second-order valence-corrected chi connectivity index (χ2v) is 6.99. The molecule has 6 nitrogen and oxygen atoms in total. The van der Waals surface area contributed by atoms with Crippen molar-refractivity contribution in [3.8, 4) is 0 Å². The molecule has 3 aromatic rings. The molecule has 0 bridgehead atoms. The predicted molar refractivity (Wildman–Crippen MR) is 92.7 cm³/mol. The minimum absolute atomic E-state index is 0.154. The molecular weight excluding hydrogens is 356 g/mol. The maximum atomic E-state index is 13.5. The zero-order valence-corrected chi connectivity index (χ0v) is 14.5. The van der Waals surface area contributed by atoms with Crippen LogP contribution in [0.5, 0.6) is 0 Å². The maximum Gasteiger partial charge on any atom is 0.159 e. The van der Waals surface area contributed by atoms with E-state index in [1.165, 1.54) is 12.4 Å². The molecule has 3 unspecified atom stereocenters. The normalized spacial score (nSPS) is 26.6. The summed E-state index contributed by atoms with van der Waals surface area (Å²) in [6, 6.07) is 4.44. The van der Waals surface area contributed by atoms with Crippen molar-refractivity contribution >= 4 is 11.0 Å². The average Bonchev–Trinajstić information content (AvgIpc) is 3.20. The quantitative estimate of drug-likeness (QED) is 0.652.